The second-order valence-corrected chi connectivity index (χ2v) is 7.82. The molecule has 0 unspecified atom stereocenters. The minimum absolute atomic E-state index is 0.133. The van der Waals surface area contributed by atoms with Gasteiger partial charge in [0.1, 0.15) is 5.82 Å². The summed E-state index contributed by atoms with van der Waals surface area (Å²) in [6.45, 7) is 4.84. The quantitative estimate of drug-likeness (QED) is 0.691. The van der Waals surface area contributed by atoms with Gasteiger partial charge in [0.25, 0.3) is 5.56 Å². The topological polar surface area (TPSA) is 79.5 Å². The van der Waals surface area contributed by atoms with Crippen molar-refractivity contribution in [3.8, 4) is 0 Å². The molecule has 1 aromatic carbocycles. The molecule has 2 N–H and O–H groups in total. The molecular weight excluding hydrogens is 380 g/mol. The van der Waals surface area contributed by atoms with Crippen LogP contribution in [0.1, 0.15) is 24.5 Å². The number of ether oxygens (including phenoxy) is 2. The highest BCUT2D eigenvalue weighted by molar-refractivity contribution is 5.93. The van der Waals surface area contributed by atoms with E-state index in [1.165, 1.54) is 5.69 Å². The van der Waals surface area contributed by atoms with E-state index < -0.39 is 0 Å². The van der Waals surface area contributed by atoms with Gasteiger partial charge in [0.15, 0.2) is 0 Å². The molecule has 4 heterocycles. The lowest BCUT2D eigenvalue weighted by Gasteiger charge is -2.29. The average molecular weight is 406 g/mol. The molecule has 0 amide bonds. The molecule has 7 heteroatoms. The molecule has 30 heavy (non-hydrogen) atoms. The number of rotatable bonds is 4. The van der Waals surface area contributed by atoms with E-state index in [2.05, 4.69) is 27.3 Å². The van der Waals surface area contributed by atoms with Crippen LogP contribution >= 0.6 is 0 Å². The van der Waals surface area contributed by atoms with Crippen molar-refractivity contribution < 1.29 is 9.47 Å². The Hall–Kier alpha value is -2.90. The Bertz CT molecular complexity index is 1070. The first-order valence-corrected chi connectivity index (χ1v) is 10.6. The zero-order valence-electron chi connectivity index (χ0n) is 16.9. The van der Waals surface area contributed by atoms with Gasteiger partial charge in [-0.1, -0.05) is 0 Å². The Morgan fingerprint density at radius 1 is 1.00 bits per heavy atom. The van der Waals surface area contributed by atoms with Crippen molar-refractivity contribution in [2.75, 3.05) is 49.7 Å². The van der Waals surface area contributed by atoms with Crippen molar-refractivity contribution >= 4 is 28.0 Å². The summed E-state index contributed by atoms with van der Waals surface area (Å²) < 4.78 is 10.9. The molecule has 0 spiro atoms. The SMILES string of the molecule is O=c1[nH]ccc2cc(C3CCOCC3)nc(Nc3ccc(N4CCOCC4)cc3)c12. The predicted molar refractivity (Wildman–Crippen MR) is 118 cm³/mol. The monoisotopic (exact) mass is 406 g/mol. The van der Waals surface area contributed by atoms with Gasteiger partial charge in [-0.3, -0.25) is 4.79 Å². The summed E-state index contributed by atoms with van der Waals surface area (Å²) in [7, 11) is 0. The van der Waals surface area contributed by atoms with Gasteiger partial charge in [-0.05, 0) is 54.6 Å². The number of aromatic amines is 1. The fourth-order valence-corrected chi connectivity index (χ4v) is 4.24. The number of nitrogens with one attached hydrogen (secondary N) is 2. The van der Waals surface area contributed by atoms with Gasteiger partial charge in [0, 0.05) is 55.5 Å². The van der Waals surface area contributed by atoms with Crippen LogP contribution in [0.15, 0.2) is 47.4 Å². The number of pyridine rings is 2. The van der Waals surface area contributed by atoms with Crippen molar-refractivity contribution in [2.45, 2.75) is 18.8 Å². The van der Waals surface area contributed by atoms with Crippen LogP contribution in [-0.4, -0.2) is 49.5 Å². The summed E-state index contributed by atoms with van der Waals surface area (Å²) in [6.07, 6.45) is 3.60. The van der Waals surface area contributed by atoms with E-state index in [0.29, 0.717) is 17.1 Å². The summed E-state index contributed by atoms with van der Waals surface area (Å²) in [5, 5.41) is 4.89. The molecule has 156 valence electrons. The lowest BCUT2D eigenvalue weighted by molar-refractivity contribution is 0.0845. The highest BCUT2D eigenvalue weighted by Crippen LogP contribution is 2.31. The third-order valence-electron chi connectivity index (χ3n) is 5.92. The summed E-state index contributed by atoms with van der Waals surface area (Å²) in [5.74, 6) is 0.960. The Balaban J connectivity index is 1.47. The molecule has 0 aliphatic carbocycles. The first-order chi connectivity index (χ1) is 14.8. The Morgan fingerprint density at radius 2 is 1.73 bits per heavy atom. The van der Waals surface area contributed by atoms with Crippen molar-refractivity contribution in [1.82, 2.24) is 9.97 Å². The number of fused-ring (bicyclic) bond motifs is 1. The molecule has 2 fully saturated rings. The summed E-state index contributed by atoms with van der Waals surface area (Å²) in [5.41, 5.74) is 2.97. The van der Waals surface area contributed by atoms with Gasteiger partial charge in [-0.15, -0.1) is 0 Å². The number of H-pyrrole nitrogens is 1. The molecule has 0 atom stereocenters. The molecule has 0 bridgehead atoms. The summed E-state index contributed by atoms with van der Waals surface area (Å²) in [6, 6.07) is 12.3. The molecule has 2 aliphatic heterocycles. The zero-order valence-corrected chi connectivity index (χ0v) is 16.9. The van der Waals surface area contributed by atoms with Gasteiger partial charge in [0.05, 0.1) is 18.6 Å². The number of nitrogens with zero attached hydrogens (tertiary/aromatic N) is 2. The van der Waals surface area contributed by atoms with Crippen molar-refractivity contribution in [2.24, 2.45) is 0 Å². The summed E-state index contributed by atoms with van der Waals surface area (Å²) >= 11 is 0. The highest BCUT2D eigenvalue weighted by atomic mass is 16.5. The van der Waals surface area contributed by atoms with E-state index in [-0.39, 0.29) is 5.56 Å². The number of hydrogen-bond acceptors (Lipinski definition) is 6. The van der Waals surface area contributed by atoms with E-state index >= 15 is 0 Å². The first-order valence-electron chi connectivity index (χ1n) is 10.6. The molecular formula is C23H26N4O3. The second kappa shape index (κ2) is 8.45. The highest BCUT2D eigenvalue weighted by Gasteiger charge is 2.20. The van der Waals surface area contributed by atoms with Crippen molar-refractivity contribution in [3.05, 3.63) is 58.6 Å². The van der Waals surface area contributed by atoms with Gasteiger partial charge < -0.3 is 24.7 Å². The molecule has 3 aromatic rings. The maximum Gasteiger partial charge on any atom is 0.259 e. The van der Waals surface area contributed by atoms with Gasteiger partial charge >= 0.3 is 0 Å². The number of hydrogen-bond donors (Lipinski definition) is 2. The van der Waals surface area contributed by atoms with Crippen LogP contribution in [0.2, 0.25) is 0 Å². The maximum absolute atomic E-state index is 12.6. The molecule has 2 aliphatic rings. The molecule has 5 rings (SSSR count). The van der Waals surface area contributed by atoms with E-state index in [9.17, 15) is 4.79 Å². The largest absolute Gasteiger partial charge is 0.381 e. The van der Waals surface area contributed by atoms with Crippen LogP contribution in [0.4, 0.5) is 17.2 Å². The zero-order chi connectivity index (χ0) is 20.3. The Morgan fingerprint density at radius 3 is 2.50 bits per heavy atom. The minimum Gasteiger partial charge on any atom is -0.381 e. The van der Waals surface area contributed by atoms with Crippen LogP contribution in [0, 0.1) is 0 Å². The molecule has 7 nitrogen and oxygen atoms in total. The number of aromatic nitrogens is 2. The lowest BCUT2D eigenvalue weighted by atomic mass is 9.95. The fourth-order valence-electron chi connectivity index (χ4n) is 4.24. The van der Waals surface area contributed by atoms with E-state index in [4.69, 9.17) is 14.5 Å². The molecule has 2 saturated heterocycles. The van der Waals surface area contributed by atoms with Crippen LogP contribution in [0.5, 0.6) is 0 Å². The molecule has 0 saturated carbocycles. The fraction of sp³-hybridized carbons (Fsp3) is 0.391. The average Bonchev–Trinajstić information content (AvgIpc) is 2.81. The standard InChI is InChI=1S/C23H26N4O3/c28-23-21-17(5-8-24-23)15-20(16-6-11-29-12-7-16)26-22(21)25-18-1-3-19(4-2-18)27-9-13-30-14-10-27/h1-5,8,15-16H,6-7,9-14H2,(H,24,28)(H,25,26). The van der Waals surface area contributed by atoms with E-state index in [1.54, 1.807) is 6.20 Å². The van der Waals surface area contributed by atoms with E-state index in [0.717, 1.165) is 69.1 Å². The normalized spacial score (nSPS) is 17.9. The lowest BCUT2D eigenvalue weighted by Crippen LogP contribution is -2.36. The smallest absolute Gasteiger partial charge is 0.259 e. The number of morpholine rings is 1. The number of benzene rings is 1. The van der Waals surface area contributed by atoms with Crippen LogP contribution in [-0.2, 0) is 9.47 Å². The van der Waals surface area contributed by atoms with Crippen LogP contribution in [0.3, 0.4) is 0 Å². The van der Waals surface area contributed by atoms with E-state index in [1.807, 2.05) is 24.3 Å². The predicted octanol–water partition coefficient (Wildman–Crippen LogP) is 3.40. The Labute approximate surface area is 175 Å². The maximum atomic E-state index is 12.6. The van der Waals surface area contributed by atoms with Gasteiger partial charge in [-0.25, -0.2) is 4.98 Å². The van der Waals surface area contributed by atoms with Crippen LogP contribution < -0.4 is 15.8 Å². The third-order valence-corrected chi connectivity index (χ3v) is 5.92. The Kier molecular flexibility index (Phi) is 5.38. The molecule has 2 aromatic heterocycles. The third kappa shape index (κ3) is 3.91. The van der Waals surface area contributed by atoms with Crippen LogP contribution in [0.25, 0.3) is 10.8 Å². The van der Waals surface area contributed by atoms with Gasteiger partial charge in [-0.2, -0.15) is 0 Å². The minimum atomic E-state index is -0.133. The molecule has 0 radical (unpaired) electrons. The van der Waals surface area contributed by atoms with Crippen molar-refractivity contribution in [3.63, 3.8) is 0 Å². The summed E-state index contributed by atoms with van der Waals surface area (Å²) in [4.78, 5) is 22.5. The second-order valence-electron chi connectivity index (χ2n) is 7.82. The first kappa shape index (κ1) is 19.1. The van der Waals surface area contributed by atoms with Crippen molar-refractivity contribution in [1.29, 1.82) is 0 Å². The van der Waals surface area contributed by atoms with Gasteiger partial charge in [0.2, 0.25) is 0 Å². The number of anilines is 3.